The number of para-hydroxylation sites is 1. The van der Waals surface area contributed by atoms with Gasteiger partial charge in [-0.05, 0) is 42.1 Å². The molecule has 0 atom stereocenters. The van der Waals surface area contributed by atoms with E-state index in [0.29, 0.717) is 17.3 Å². The van der Waals surface area contributed by atoms with Crippen LogP contribution in [0.5, 0.6) is 17.4 Å². The number of aryl methyl sites for hydroxylation is 1. The lowest BCUT2D eigenvalue weighted by molar-refractivity contribution is 0.466. The molecule has 0 aliphatic carbocycles. The Kier molecular flexibility index (Phi) is 2.91. The van der Waals surface area contributed by atoms with Crippen molar-refractivity contribution in [3.8, 4) is 17.4 Å². The van der Waals surface area contributed by atoms with E-state index in [1.54, 1.807) is 24.4 Å². The average Bonchev–Trinajstić information content (AvgIpc) is 2.44. The normalized spacial score (nSPS) is 10.7. The van der Waals surface area contributed by atoms with Gasteiger partial charge in [0.05, 0.1) is 5.69 Å². The number of nitrogen functional groups attached to an aromatic ring is 1. The van der Waals surface area contributed by atoms with Crippen molar-refractivity contribution in [2.75, 3.05) is 5.73 Å². The van der Waals surface area contributed by atoms with E-state index in [1.807, 2.05) is 31.2 Å². The summed E-state index contributed by atoms with van der Waals surface area (Å²) in [5.74, 6) is 1.16. The Morgan fingerprint density at radius 1 is 1.15 bits per heavy atom. The Balaban J connectivity index is 2.11. The van der Waals surface area contributed by atoms with E-state index < -0.39 is 0 Å². The van der Waals surface area contributed by atoms with Crippen LogP contribution in [0.3, 0.4) is 0 Å². The van der Waals surface area contributed by atoms with E-state index in [1.165, 1.54) is 0 Å². The van der Waals surface area contributed by atoms with E-state index in [9.17, 15) is 5.11 Å². The molecule has 0 radical (unpaired) electrons. The van der Waals surface area contributed by atoms with Crippen LogP contribution in [0, 0.1) is 6.92 Å². The maximum Gasteiger partial charge on any atom is 0.227 e. The monoisotopic (exact) mass is 266 g/mol. The number of pyridine rings is 1. The molecule has 4 nitrogen and oxygen atoms in total. The van der Waals surface area contributed by atoms with Gasteiger partial charge >= 0.3 is 0 Å². The third kappa shape index (κ3) is 2.12. The zero-order valence-corrected chi connectivity index (χ0v) is 11.0. The number of nitrogens with two attached hydrogens (primary N) is 1. The molecule has 0 spiro atoms. The lowest BCUT2D eigenvalue weighted by atomic mass is 10.1. The van der Waals surface area contributed by atoms with Crippen molar-refractivity contribution in [2.45, 2.75) is 6.92 Å². The predicted octanol–water partition coefficient (Wildman–Crippen LogP) is 3.62. The van der Waals surface area contributed by atoms with Crippen molar-refractivity contribution in [3.63, 3.8) is 0 Å². The fourth-order valence-corrected chi connectivity index (χ4v) is 2.06. The summed E-state index contributed by atoms with van der Waals surface area (Å²) in [6.07, 6.45) is 1.67. The predicted molar refractivity (Wildman–Crippen MR) is 79.1 cm³/mol. The number of phenolic OH excluding ortho intramolecular Hbond substituents is 1. The number of phenols is 1. The van der Waals surface area contributed by atoms with Crippen LogP contribution in [-0.4, -0.2) is 10.1 Å². The first-order valence-corrected chi connectivity index (χ1v) is 6.26. The summed E-state index contributed by atoms with van der Waals surface area (Å²) in [6, 6.07) is 12.5. The number of fused-ring (bicyclic) bond motifs is 1. The number of rotatable bonds is 2. The molecule has 0 aliphatic rings. The number of anilines is 1. The molecule has 1 aromatic heterocycles. The van der Waals surface area contributed by atoms with Gasteiger partial charge in [0.1, 0.15) is 5.75 Å². The second-order valence-corrected chi connectivity index (χ2v) is 4.61. The Hall–Kier alpha value is -2.75. The van der Waals surface area contributed by atoms with Crippen LogP contribution >= 0.6 is 0 Å². The molecule has 100 valence electrons. The van der Waals surface area contributed by atoms with Crippen molar-refractivity contribution >= 4 is 16.5 Å². The second kappa shape index (κ2) is 4.74. The molecule has 0 saturated carbocycles. The van der Waals surface area contributed by atoms with Gasteiger partial charge < -0.3 is 15.6 Å². The molecule has 0 bridgehead atoms. The average molecular weight is 266 g/mol. The van der Waals surface area contributed by atoms with Crippen LogP contribution < -0.4 is 10.5 Å². The minimum Gasteiger partial charge on any atom is -0.508 e. The minimum absolute atomic E-state index is 0.174. The van der Waals surface area contributed by atoms with Crippen molar-refractivity contribution < 1.29 is 9.84 Å². The number of hydrogen-bond donors (Lipinski definition) is 2. The van der Waals surface area contributed by atoms with Gasteiger partial charge in [0.15, 0.2) is 5.75 Å². The number of hydrogen-bond acceptors (Lipinski definition) is 4. The quantitative estimate of drug-likeness (QED) is 0.695. The van der Waals surface area contributed by atoms with Crippen molar-refractivity contribution in [3.05, 3.63) is 54.2 Å². The Labute approximate surface area is 116 Å². The third-order valence-electron chi connectivity index (χ3n) is 3.20. The zero-order valence-electron chi connectivity index (χ0n) is 11.0. The number of benzene rings is 2. The maximum absolute atomic E-state index is 9.61. The molecule has 0 aliphatic heterocycles. The van der Waals surface area contributed by atoms with Gasteiger partial charge in [-0.3, -0.25) is 0 Å². The van der Waals surface area contributed by atoms with Gasteiger partial charge in [0.2, 0.25) is 5.88 Å². The van der Waals surface area contributed by atoms with Crippen LogP contribution in [0.4, 0.5) is 5.69 Å². The van der Waals surface area contributed by atoms with E-state index in [2.05, 4.69) is 4.98 Å². The van der Waals surface area contributed by atoms with Crippen molar-refractivity contribution in [1.82, 2.24) is 4.98 Å². The molecule has 0 amide bonds. The molecular formula is C16H14N2O2. The lowest BCUT2D eigenvalue weighted by Crippen LogP contribution is -1.96. The smallest absolute Gasteiger partial charge is 0.227 e. The number of ether oxygens (including phenoxy) is 1. The fourth-order valence-electron chi connectivity index (χ4n) is 2.06. The zero-order chi connectivity index (χ0) is 14.1. The molecule has 2 aromatic carbocycles. The summed E-state index contributed by atoms with van der Waals surface area (Å²) >= 11 is 0. The Bertz CT molecular complexity index is 785. The summed E-state index contributed by atoms with van der Waals surface area (Å²) in [5.41, 5.74) is 7.54. The first-order valence-electron chi connectivity index (χ1n) is 6.26. The van der Waals surface area contributed by atoms with Gasteiger partial charge in [0, 0.05) is 11.6 Å². The molecular weight excluding hydrogens is 252 g/mol. The van der Waals surface area contributed by atoms with Crippen molar-refractivity contribution in [1.29, 1.82) is 0 Å². The molecule has 4 heteroatoms. The molecule has 0 unspecified atom stereocenters. The highest BCUT2D eigenvalue weighted by Gasteiger charge is 2.09. The summed E-state index contributed by atoms with van der Waals surface area (Å²) in [5, 5.41) is 11.3. The minimum atomic E-state index is 0.174. The van der Waals surface area contributed by atoms with E-state index >= 15 is 0 Å². The number of aromatic nitrogens is 1. The Morgan fingerprint density at radius 3 is 2.85 bits per heavy atom. The lowest BCUT2D eigenvalue weighted by Gasteiger charge is -2.11. The maximum atomic E-state index is 9.61. The SMILES string of the molecule is Cc1cccc(Oc2nccc3ccc(O)cc23)c1N. The molecule has 1 heterocycles. The number of nitrogens with zero attached hydrogens (tertiary/aromatic N) is 1. The summed E-state index contributed by atoms with van der Waals surface area (Å²) in [7, 11) is 0. The van der Waals surface area contributed by atoms with Gasteiger partial charge in [0.25, 0.3) is 0 Å². The van der Waals surface area contributed by atoms with E-state index in [4.69, 9.17) is 10.5 Å². The van der Waals surface area contributed by atoms with E-state index in [-0.39, 0.29) is 5.75 Å². The topological polar surface area (TPSA) is 68.4 Å². The summed E-state index contributed by atoms with van der Waals surface area (Å²) < 4.78 is 5.81. The standard InChI is InChI=1S/C16H14N2O2/c1-10-3-2-4-14(15(10)17)20-16-13-9-12(19)6-5-11(13)7-8-18-16/h2-9,19H,17H2,1H3. The highest BCUT2D eigenvalue weighted by molar-refractivity contribution is 5.88. The van der Waals surface area contributed by atoms with E-state index in [0.717, 1.165) is 16.3 Å². The van der Waals surface area contributed by atoms with Gasteiger partial charge in [-0.15, -0.1) is 0 Å². The fraction of sp³-hybridized carbons (Fsp3) is 0.0625. The molecule has 0 fully saturated rings. The highest BCUT2D eigenvalue weighted by Crippen LogP contribution is 2.33. The van der Waals surface area contributed by atoms with Crippen LogP contribution in [-0.2, 0) is 0 Å². The molecule has 3 aromatic rings. The van der Waals surface area contributed by atoms with Crippen LogP contribution in [0.1, 0.15) is 5.56 Å². The second-order valence-electron chi connectivity index (χ2n) is 4.61. The molecule has 20 heavy (non-hydrogen) atoms. The summed E-state index contributed by atoms with van der Waals surface area (Å²) in [4.78, 5) is 4.23. The van der Waals surface area contributed by atoms with Crippen molar-refractivity contribution in [2.24, 2.45) is 0 Å². The molecule has 0 saturated heterocycles. The third-order valence-corrected chi connectivity index (χ3v) is 3.20. The van der Waals surface area contributed by atoms with Crippen LogP contribution in [0.15, 0.2) is 48.7 Å². The molecule has 3 rings (SSSR count). The number of aromatic hydroxyl groups is 1. The van der Waals surface area contributed by atoms with Gasteiger partial charge in [-0.2, -0.15) is 0 Å². The summed E-state index contributed by atoms with van der Waals surface area (Å²) in [6.45, 7) is 1.92. The first-order chi connectivity index (χ1) is 9.65. The van der Waals surface area contributed by atoms with Gasteiger partial charge in [-0.25, -0.2) is 4.98 Å². The van der Waals surface area contributed by atoms with Gasteiger partial charge in [-0.1, -0.05) is 18.2 Å². The first kappa shape index (κ1) is 12.3. The van der Waals surface area contributed by atoms with Crippen LogP contribution in [0.2, 0.25) is 0 Å². The Morgan fingerprint density at radius 2 is 2.00 bits per heavy atom. The van der Waals surface area contributed by atoms with Crippen LogP contribution in [0.25, 0.3) is 10.8 Å². The highest BCUT2D eigenvalue weighted by atomic mass is 16.5. The largest absolute Gasteiger partial charge is 0.508 e. The molecule has 3 N–H and O–H groups in total.